The van der Waals surface area contributed by atoms with Crippen molar-refractivity contribution in [1.82, 2.24) is 0 Å². The van der Waals surface area contributed by atoms with Crippen molar-refractivity contribution in [2.24, 2.45) is 0 Å². The van der Waals surface area contributed by atoms with Crippen molar-refractivity contribution in [3.8, 4) is 0 Å². The van der Waals surface area contributed by atoms with Crippen molar-refractivity contribution in [3.05, 3.63) is 82.9 Å². The summed E-state index contributed by atoms with van der Waals surface area (Å²) in [6, 6.07) is 18.5. The molecule has 0 aromatic heterocycles. The highest BCUT2D eigenvalue weighted by molar-refractivity contribution is 5.57. The monoisotopic (exact) mass is 320 g/mol. The topological polar surface area (TPSA) is 0 Å². The molecule has 5 atom stereocenters. The Morgan fingerprint density at radius 1 is 1.00 bits per heavy atom. The van der Waals surface area contributed by atoms with E-state index in [9.17, 15) is 4.39 Å². The van der Waals surface area contributed by atoms with Gasteiger partial charge in [-0.25, -0.2) is 4.39 Å². The molecular formula is C22H23FN+. The maximum Gasteiger partial charge on any atom is 0.177 e. The minimum absolute atomic E-state index is 0.0489. The number of rotatable bonds is 2. The van der Waals surface area contributed by atoms with Crippen LogP contribution in [0.25, 0.3) is 0 Å². The molecule has 1 fully saturated rings. The second-order valence-corrected chi connectivity index (χ2v) is 7.83. The summed E-state index contributed by atoms with van der Waals surface area (Å²) >= 11 is 0. The van der Waals surface area contributed by atoms with Crippen molar-refractivity contribution in [2.45, 2.75) is 43.9 Å². The molecule has 3 aliphatic rings. The summed E-state index contributed by atoms with van der Waals surface area (Å²) in [4.78, 5) is 0. The molecule has 0 radical (unpaired) electrons. The minimum atomic E-state index is -0.395. The lowest BCUT2D eigenvalue weighted by Crippen LogP contribution is -2.44. The van der Waals surface area contributed by atoms with Crippen molar-refractivity contribution in [2.75, 3.05) is 6.67 Å². The summed E-state index contributed by atoms with van der Waals surface area (Å²) in [7, 11) is 0. The summed E-state index contributed by atoms with van der Waals surface area (Å²) in [5.74, 6) is 0. The molecule has 3 aliphatic heterocycles. The van der Waals surface area contributed by atoms with Gasteiger partial charge in [0.25, 0.3) is 0 Å². The van der Waals surface area contributed by atoms with E-state index >= 15 is 0 Å². The zero-order valence-corrected chi connectivity index (χ0v) is 14.5. The standard InChI is InChI=1S/C22H23FN/c1-15-21(2)18-11-6-7-12-19(18)22(3)17-10-5-4-9-16(17)20(13-8-14-23)24(15,21)22/h4-13,15,20H,14H2,1-3H3/q+1/t15?,20-,21-,22+,24?/m1/s1. The number of benzene rings is 2. The Morgan fingerprint density at radius 2 is 1.62 bits per heavy atom. The van der Waals surface area contributed by atoms with Crippen LogP contribution < -0.4 is 0 Å². The van der Waals surface area contributed by atoms with E-state index in [1.165, 1.54) is 22.3 Å². The van der Waals surface area contributed by atoms with E-state index in [-0.39, 0.29) is 17.1 Å². The van der Waals surface area contributed by atoms with Gasteiger partial charge in [-0.05, 0) is 19.9 Å². The number of hydrogen-bond donors (Lipinski definition) is 0. The summed E-state index contributed by atoms with van der Waals surface area (Å²) < 4.78 is 14.0. The molecule has 24 heavy (non-hydrogen) atoms. The lowest BCUT2D eigenvalue weighted by molar-refractivity contribution is -0.905. The number of quaternary nitrogens is 1. The zero-order chi connectivity index (χ0) is 16.7. The van der Waals surface area contributed by atoms with Gasteiger partial charge in [-0.1, -0.05) is 54.6 Å². The molecule has 2 aromatic rings. The highest BCUT2D eigenvalue weighted by Crippen LogP contribution is 2.80. The maximum atomic E-state index is 13.0. The normalized spacial score (nSPS) is 41.0. The van der Waals surface area contributed by atoms with Gasteiger partial charge < -0.3 is 0 Å². The predicted molar refractivity (Wildman–Crippen MR) is 94.3 cm³/mol. The van der Waals surface area contributed by atoms with Crippen LogP contribution in [0.3, 0.4) is 0 Å². The third kappa shape index (κ3) is 1.14. The highest BCUT2D eigenvalue weighted by atomic mass is 19.1. The highest BCUT2D eigenvalue weighted by Gasteiger charge is 2.90. The molecular weight excluding hydrogens is 297 g/mol. The Morgan fingerprint density at radius 3 is 2.33 bits per heavy atom. The van der Waals surface area contributed by atoms with E-state index in [4.69, 9.17) is 0 Å². The van der Waals surface area contributed by atoms with Crippen LogP contribution in [-0.4, -0.2) is 17.2 Å². The molecule has 1 saturated heterocycles. The fourth-order valence-electron chi connectivity index (χ4n) is 6.59. The molecule has 2 unspecified atom stereocenters. The van der Waals surface area contributed by atoms with E-state index in [1.807, 2.05) is 0 Å². The molecule has 0 aliphatic carbocycles. The fourth-order valence-corrected chi connectivity index (χ4v) is 6.59. The van der Waals surface area contributed by atoms with Gasteiger partial charge in [0.05, 0.1) is 0 Å². The number of fused-ring (bicyclic) bond motifs is 5. The second-order valence-electron chi connectivity index (χ2n) is 7.83. The van der Waals surface area contributed by atoms with Gasteiger partial charge in [-0.15, -0.1) is 0 Å². The average Bonchev–Trinajstić information content (AvgIpc) is 2.92. The Hall–Kier alpha value is -1.93. The molecule has 1 nitrogen and oxygen atoms in total. The Balaban J connectivity index is 1.89. The SMILES string of the molecule is CC1[C@]2(C)c3ccccc3[C@]3(C)c4ccccc4[C@@H](C=CCF)[N+]132. The van der Waals surface area contributed by atoms with E-state index in [0.717, 1.165) is 4.48 Å². The maximum absolute atomic E-state index is 13.0. The Kier molecular flexibility index (Phi) is 2.51. The van der Waals surface area contributed by atoms with Gasteiger partial charge in [-0.2, -0.15) is 0 Å². The van der Waals surface area contributed by atoms with Crippen LogP contribution in [0.4, 0.5) is 4.39 Å². The third-order valence-electron chi connectivity index (χ3n) is 7.51. The van der Waals surface area contributed by atoms with Crippen molar-refractivity contribution < 1.29 is 8.87 Å². The third-order valence-corrected chi connectivity index (χ3v) is 7.51. The molecule has 1 spiro atoms. The molecule has 2 heteroatoms. The van der Waals surface area contributed by atoms with Gasteiger partial charge in [0.15, 0.2) is 11.1 Å². The van der Waals surface area contributed by atoms with Crippen LogP contribution in [0.2, 0.25) is 0 Å². The van der Waals surface area contributed by atoms with Gasteiger partial charge in [0, 0.05) is 29.2 Å². The first-order valence-electron chi connectivity index (χ1n) is 8.87. The van der Waals surface area contributed by atoms with Crippen molar-refractivity contribution in [1.29, 1.82) is 0 Å². The summed E-state index contributed by atoms with van der Waals surface area (Å²) in [6.45, 7) is 6.79. The molecule has 3 heterocycles. The first-order chi connectivity index (χ1) is 11.6. The van der Waals surface area contributed by atoms with Crippen molar-refractivity contribution in [3.63, 3.8) is 0 Å². The van der Waals surface area contributed by atoms with Gasteiger partial charge >= 0.3 is 0 Å². The fraction of sp³-hybridized carbons (Fsp3) is 0.364. The van der Waals surface area contributed by atoms with E-state index < -0.39 is 6.67 Å². The number of halogens is 1. The second kappa shape index (κ2) is 4.18. The van der Waals surface area contributed by atoms with E-state index in [2.05, 4.69) is 75.4 Å². The zero-order valence-electron chi connectivity index (χ0n) is 14.5. The van der Waals surface area contributed by atoms with Crippen LogP contribution in [0.1, 0.15) is 49.1 Å². The van der Waals surface area contributed by atoms with E-state index in [1.54, 1.807) is 6.08 Å². The molecule has 122 valence electrons. The van der Waals surface area contributed by atoms with Crippen LogP contribution in [0.15, 0.2) is 60.7 Å². The van der Waals surface area contributed by atoms with Gasteiger partial charge in [0.2, 0.25) is 0 Å². The summed E-state index contributed by atoms with van der Waals surface area (Å²) in [5, 5.41) is 0. The first kappa shape index (κ1) is 14.4. The molecule has 0 bridgehead atoms. The molecule has 0 N–H and O–H groups in total. The smallest absolute Gasteiger partial charge is 0.177 e. The van der Waals surface area contributed by atoms with Crippen molar-refractivity contribution >= 4 is 0 Å². The first-order valence-corrected chi connectivity index (χ1v) is 8.87. The predicted octanol–water partition coefficient (Wildman–Crippen LogP) is 4.98. The average molecular weight is 320 g/mol. The largest absolute Gasteiger partial charge is 0.281 e. The molecule has 0 saturated carbocycles. The Bertz CT molecular complexity index is 887. The molecule has 2 aromatic carbocycles. The molecule has 5 rings (SSSR count). The van der Waals surface area contributed by atoms with Gasteiger partial charge in [0.1, 0.15) is 18.8 Å². The lowest BCUT2D eigenvalue weighted by atomic mass is 9.81. The summed E-state index contributed by atoms with van der Waals surface area (Å²) in [6.07, 6.45) is 3.83. The van der Waals surface area contributed by atoms with Gasteiger partial charge in [-0.3, -0.25) is 4.48 Å². The van der Waals surface area contributed by atoms with Crippen LogP contribution in [0.5, 0.6) is 0 Å². The minimum Gasteiger partial charge on any atom is -0.281 e. The van der Waals surface area contributed by atoms with Crippen LogP contribution >= 0.6 is 0 Å². The number of allylic oxidation sites excluding steroid dienone is 1. The number of alkyl halides is 1. The van der Waals surface area contributed by atoms with Crippen LogP contribution in [-0.2, 0) is 11.1 Å². The van der Waals surface area contributed by atoms with Crippen LogP contribution in [0, 0.1) is 0 Å². The Labute approximate surface area is 143 Å². The summed E-state index contributed by atoms with van der Waals surface area (Å²) in [5.41, 5.74) is 5.78. The lowest BCUT2D eigenvalue weighted by Gasteiger charge is -2.35. The number of hydrogen-bond acceptors (Lipinski definition) is 0. The number of nitrogens with zero attached hydrogens (tertiary/aromatic N) is 1. The van der Waals surface area contributed by atoms with E-state index in [0.29, 0.717) is 6.04 Å². The molecule has 0 amide bonds. The quantitative estimate of drug-likeness (QED) is 0.416.